The second kappa shape index (κ2) is 14.0. The van der Waals surface area contributed by atoms with Gasteiger partial charge in [0.25, 0.3) is 5.91 Å². The van der Waals surface area contributed by atoms with Crippen molar-refractivity contribution in [1.82, 2.24) is 20.3 Å². The number of aromatic nitrogens is 3. The lowest BCUT2D eigenvalue weighted by Gasteiger charge is -2.37. The number of anilines is 2. The zero-order valence-electron chi connectivity index (χ0n) is 24.8. The molecule has 0 spiro atoms. The van der Waals surface area contributed by atoms with Crippen LogP contribution in [0.5, 0.6) is 0 Å². The summed E-state index contributed by atoms with van der Waals surface area (Å²) in [5.41, 5.74) is 4.07. The molecule has 3 aromatic carbocycles. The number of amides is 1. The number of piperazine rings is 1. The quantitative estimate of drug-likeness (QED) is 0.136. The lowest BCUT2D eigenvalue weighted by molar-refractivity contribution is -0.137. The molecule has 0 aliphatic carbocycles. The topological polar surface area (TPSA) is 74.2 Å². The van der Waals surface area contributed by atoms with Crippen molar-refractivity contribution in [2.75, 3.05) is 36.0 Å². The Labute approximate surface area is 269 Å². The number of benzene rings is 3. The van der Waals surface area contributed by atoms with E-state index >= 15 is 0 Å². The van der Waals surface area contributed by atoms with E-state index in [0.717, 1.165) is 34.4 Å². The summed E-state index contributed by atoms with van der Waals surface area (Å²) in [4.78, 5) is 30.7. The minimum Gasteiger partial charge on any atom is -0.368 e. The SMILES string of the molecule is O=C(NCc1ccccn1)c1ccc(CSc2nc(-c3ccccc3)cc(N3CCN(c4cccc(C(F)(F)F)c4)CC3)n2)cc1. The summed E-state index contributed by atoms with van der Waals surface area (Å²) in [6.45, 7) is 2.70. The number of carbonyl (C=O) groups excluding carboxylic acids is 1. The molecule has 1 fully saturated rings. The summed E-state index contributed by atoms with van der Waals surface area (Å²) in [5.74, 6) is 1.22. The lowest BCUT2D eigenvalue weighted by atomic mass is 10.1. The highest BCUT2D eigenvalue weighted by molar-refractivity contribution is 7.98. The zero-order chi connectivity index (χ0) is 31.9. The highest BCUT2D eigenvalue weighted by Crippen LogP contribution is 2.33. The average molecular weight is 641 g/mol. The molecule has 1 N–H and O–H groups in total. The van der Waals surface area contributed by atoms with Crippen LogP contribution in [0.15, 0.2) is 114 Å². The first-order chi connectivity index (χ1) is 22.3. The van der Waals surface area contributed by atoms with E-state index in [0.29, 0.717) is 54.9 Å². The van der Waals surface area contributed by atoms with Crippen LogP contribution in [-0.2, 0) is 18.5 Å². The number of nitrogens with one attached hydrogen (secondary N) is 1. The van der Waals surface area contributed by atoms with E-state index in [1.54, 1.807) is 24.4 Å². The van der Waals surface area contributed by atoms with Crippen LogP contribution in [-0.4, -0.2) is 47.0 Å². The molecule has 46 heavy (non-hydrogen) atoms. The molecule has 0 bridgehead atoms. The van der Waals surface area contributed by atoms with Gasteiger partial charge < -0.3 is 15.1 Å². The number of pyridine rings is 1. The van der Waals surface area contributed by atoms with Gasteiger partial charge in [-0.05, 0) is 48.0 Å². The first kappa shape index (κ1) is 31.1. The number of alkyl halides is 3. The van der Waals surface area contributed by atoms with E-state index in [4.69, 9.17) is 9.97 Å². The lowest BCUT2D eigenvalue weighted by Crippen LogP contribution is -2.47. The Kier molecular flexibility index (Phi) is 9.49. The third-order valence-corrected chi connectivity index (χ3v) is 8.56. The first-order valence-electron chi connectivity index (χ1n) is 14.8. The molecule has 5 aromatic rings. The van der Waals surface area contributed by atoms with Gasteiger partial charge >= 0.3 is 6.18 Å². The fourth-order valence-electron chi connectivity index (χ4n) is 5.14. The van der Waals surface area contributed by atoms with Crippen molar-refractivity contribution in [3.8, 4) is 11.3 Å². The van der Waals surface area contributed by atoms with Crippen LogP contribution in [0.3, 0.4) is 0 Å². The second-order valence-corrected chi connectivity index (χ2v) is 11.7. The third kappa shape index (κ3) is 7.84. The Morgan fingerprint density at radius 1 is 0.804 bits per heavy atom. The maximum atomic E-state index is 13.3. The maximum absolute atomic E-state index is 13.3. The van der Waals surface area contributed by atoms with Crippen LogP contribution < -0.4 is 15.1 Å². The van der Waals surface area contributed by atoms with Crippen LogP contribution >= 0.6 is 11.8 Å². The molecule has 1 aliphatic heterocycles. The van der Waals surface area contributed by atoms with E-state index in [2.05, 4.69) is 15.2 Å². The Morgan fingerprint density at radius 3 is 2.26 bits per heavy atom. The molecule has 1 aliphatic rings. The molecule has 234 valence electrons. The average Bonchev–Trinajstić information content (AvgIpc) is 3.10. The molecule has 0 atom stereocenters. The monoisotopic (exact) mass is 640 g/mol. The molecule has 2 aromatic heterocycles. The minimum absolute atomic E-state index is 0.165. The van der Waals surface area contributed by atoms with E-state index in [1.807, 2.05) is 71.6 Å². The molecule has 0 radical (unpaired) electrons. The highest BCUT2D eigenvalue weighted by atomic mass is 32.2. The van der Waals surface area contributed by atoms with E-state index in [1.165, 1.54) is 23.9 Å². The molecule has 7 nitrogen and oxygen atoms in total. The van der Waals surface area contributed by atoms with Gasteiger partial charge in [-0.2, -0.15) is 13.2 Å². The van der Waals surface area contributed by atoms with Gasteiger partial charge in [-0.3, -0.25) is 9.78 Å². The van der Waals surface area contributed by atoms with Crippen LogP contribution in [0.2, 0.25) is 0 Å². The summed E-state index contributed by atoms with van der Waals surface area (Å²) < 4.78 is 39.8. The molecular weight excluding hydrogens is 609 g/mol. The van der Waals surface area contributed by atoms with Gasteiger partial charge in [-0.1, -0.05) is 66.4 Å². The number of rotatable bonds is 9. The minimum atomic E-state index is -4.38. The van der Waals surface area contributed by atoms with Crippen molar-refractivity contribution < 1.29 is 18.0 Å². The molecule has 6 rings (SSSR count). The van der Waals surface area contributed by atoms with Crippen LogP contribution in [0.1, 0.15) is 27.2 Å². The first-order valence-corrected chi connectivity index (χ1v) is 15.8. The Hall–Kier alpha value is -4.90. The molecule has 0 saturated carbocycles. The molecular formula is C35H31F3N6OS. The molecule has 1 saturated heterocycles. The van der Waals surface area contributed by atoms with Crippen molar-refractivity contribution in [3.05, 3.63) is 132 Å². The van der Waals surface area contributed by atoms with E-state index in [-0.39, 0.29) is 5.91 Å². The van der Waals surface area contributed by atoms with Crippen LogP contribution in [0.25, 0.3) is 11.3 Å². The molecule has 3 heterocycles. The zero-order valence-corrected chi connectivity index (χ0v) is 25.6. The van der Waals surface area contributed by atoms with Gasteiger partial charge in [-0.15, -0.1) is 0 Å². The smallest absolute Gasteiger partial charge is 0.368 e. The standard InChI is InChI=1S/C35H31F3N6OS/c36-35(37,38)28-9-6-11-30(21-28)43-17-19-44(20-18-43)32-22-31(26-7-2-1-3-8-26)41-34(42-32)46-24-25-12-14-27(15-13-25)33(45)40-23-29-10-4-5-16-39-29/h1-16,21-22H,17-20,23-24H2,(H,40,45). The summed E-state index contributed by atoms with van der Waals surface area (Å²) in [6.07, 6.45) is -2.68. The predicted molar refractivity (Wildman–Crippen MR) is 175 cm³/mol. The number of thioether (sulfide) groups is 1. The van der Waals surface area contributed by atoms with Crippen molar-refractivity contribution in [1.29, 1.82) is 0 Å². The van der Waals surface area contributed by atoms with E-state index in [9.17, 15) is 18.0 Å². The van der Waals surface area contributed by atoms with Crippen LogP contribution in [0.4, 0.5) is 24.7 Å². The second-order valence-electron chi connectivity index (χ2n) is 10.8. The van der Waals surface area contributed by atoms with Gasteiger partial charge in [0.2, 0.25) is 0 Å². The number of halogens is 3. The van der Waals surface area contributed by atoms with Gasteiger partial charge in [0.05, 0.1) is 23.5 Å². The highest BCUT2D eigenvalue weighted by Gasteiger charge is 2.31. The van der Waals surface area contributed by atoms with Crippen molar-refractivity contribution >= 4 is 29.2 Å². The summed E-state index contributed by atoms with van der Waals surface area (Å²) in [7, 11) is 0. The molecule has 11 heteroatoms. The largest absolute Gasteiger partial charge is 0.416 e. The summed E-state index contributed by atoms with van der Waals surface area (Å²) in [5, 5.41) is 3.51. The summed E-state index contributed by atoms with van der Waals surface area (Å²) in [6, 6.07) is 30.4. The van der Waals surface area contributed by atoms with Crippen molar-refractivity contribution in [3.63, 3.8) is 0 Å². The van der Waals surface area contributed by atoms with Gasteiger partial charge in [0, 0.05) is 61.0 Å². The number of hydrogen-bond acceptors (Lipinski definition) is 7. The third-order valence-electron chi connectivity index (χ3n) is 7.64. The normalized spacial score (nSPS) is 13.5. The molecule has 1 amide bonds. The number of hydrogen-bond donors (Lipinski definition) is 1. The number of carbonyl (C=O) groups is 1. The Morgan fingerprint density at radius 2 is 1.54 bits per heavy atom. The van der Waals surface area contributed by atoms with Crippen molar-refractivity contribution in [2.24, 2.45) is 0 Å². The predicted octanol–water partition coefficient (Wildman–Crippen LogP) is 7.11. The summed E-state index contributed by atoms with van der Waals surface area (Å²) >= 11 is 1.51. The van der Waals surface area contributed by atoms with Crippen LogP contribution in [0, 0.1) is 0 Å². The maximum Gasteiger partial charge on any atom is 0.416 e. The van der Waals surface area contributed by atoms with Gasteiger partial charge in [0.1, 0.15) is 5.82 Å². The van der Waals surface area contributed by atoms with Crippen molar-refractivity contribution in [2.45, 2.75) is 23.6 Å². The van der Waals surface area contributed by atoms with Gasteiger partial charge in [0.15, 0.2) is 5.16 Å². The fraction of sp³-hybridized carbons (Fsp3) is 0.200. The Bertz CT molecular complexity index is 1760. The fourth-order valence-corrected chi connectivity index (χ4v) is 5.95. The van der Waals surface area contributed by atoms with E-state index < -0.39 is 11.7 Å². The molecule has 0 unspecified atom stereocenters. The Balaban J connectivity index is 1.13. The van der Waals surface area contributed by atoms with Gasteiger partial charge in [-0.25, -0.2) is 9.97 Å². The number of nitrogens with zero attached hydrogens (tertiary/aromatic N) is 5.